The van der Waals surface area contributed by atoms with Crippen LogP contribution in [0.5, 0.6) is 0 Å². The van der Waals surface area contributed by atoms with Crippen molar-refractivity contribution < 1.29 is 4.74 Å². The molecule has 0 saturated heterocycles. The minimum absolute atomic E-state index is 0.511. The molecular weight excluding hydrogens is 280 g/mol. The summed E-state index contributed by atoms with van der Waals surface area (Å²) in [7, 11) is 0. The quantitative estimate of drug-likeness (QED) is 0.430. The van der Waals surface area contributed by atoms with E-state index >= 15 is 0 Å². The summed E-state index contributed by atoms with van der Waals surface area (Å²) in [5.41, 5.74) is 0. The van der Waals surface area contributed by atoms with Gasteiger partial charge in [0.05, 0.1) is 12.7 Å². The van der Waals surface area contributed by atoms with Gasteiger partial charge >= 0.3 is 0 Å². The van der Waals surface area contributed by atoms with E-state index in [-0.39, 0.29) is 0 Å². The highest BCUT2D eigenvalue weighted by Gasteiger charge is 2.24. The van der Waals surface area contributed by atoms with Crippen molar-refractivity contribution in [2.75, 3.05) is 6.61 Å². The van der Waals surface area contributed by atoms with Gasteiger partial charge in [-0.05, 0) is 63.2 Å². The Morgan fingerprint density at radius 3 is 1.87 bits per heavy atom. The summed E-state index contributed by atoms with van der Waals surface area (Å²) in [6, 6.07) is 0. The van der Waals surface area contributed by atoms with E-state index in [4.69, 9.17) is 4.74 Å². The molecule has 0 aromatic rings. The summed E-state index contributed by atoms with van der Waals surface area (Å²) >= 11 is 0. The maximum atomic E-state index is 5.80. The van der Waals surface area contributed by atoms with Crippen LogP contribution < -0.4 is 0 Å². The summed E-state index contributed by atoms with van der Waals surface area (Å²) in [6.07, 6.45) is 23.9. The fourth-order valence-electron chi connectivity index (χ4n) is 4.57. The Labute approximate surface area is 144 Å². The second-order valence-corrected chi connectivity index (χ2v) is 7.88. The molecule has 1 nitrogen and oxygen atoms in total. The lowest BCUT2D eigenvalue weighted by Gasteiger charge is -2.32. The molecule has 0 N–H and O–H groups in total. The van der Waals surface area contributed by atoms with Gasteiger partial charge < -0.3 is 4.74 Å². The van der Waals surface area contributed by atoms with E-state index in [1.54, 1.807) is 0 Å². The molecule has 132 valence electrons. The SMILES string of the molecule is C=CCO[C@H]1CC[C@H](CC[C@H]2CC[C@H](CC/C=C/C)CC2)CC1. The van der Waals surface area contributed by atoms with Gasteiger partial charge in [-0.15, -0.1) is 6.58 Å². The summed E-state index contributed by atoms with van der Waals surface area (Å²) in [5.74, 6) is 3.02. The first-order valence-corrected chi connectivity index (χ1v) is 10.2. The fraction of sp³-hybridized carbons (Fsp3) is 0.818. The lowest BCUT2D eigenvalue weighted by Crippen LogP contribution is -2.22. The lowest BCUT2D eigenvalue weighted by molar-refractivity contribution is 0.0326. The van der Waals surface area contributed by atoms with Crippen LogP contribution >= 0.6 is 0 Å². The molecule has 0 aromatic heterocycles. The maximum absolute atomic E-state index is 5.80. The second-order valence-electron chi connectivity index (χ2n) is 7.88. The van der Waals surface area contributed by atoms with E-state index in [9.17, 15) is 0 Å². The zero-order valence-corrected chi connectivity index (χ0v) is 15.3. The van der Waals surface area contributed by atoms with E-state index < -0.39 is 0 Å². The molecule has 2 aliphatic rings. The smallest absolute Gasteiger partial charge is 0.0648 e. The third-order valence-electron chi connectivity index (χ3n) is 6.17. The van der Waals surface area contributed by atoms with Gasteiger partial charge in [0.15, 0.2) is 0 Å². The van der Waals surface area contributed by atoms with Crippen molar-refractivity contribution in [1.29, 1.82) is 0 Å². The number of hydrogen-bond acceptors (Lipinski definition) is 1. The summed E-state index contributed by atoms with van der Waals surface area (Å²) in [6.45, 7) is 6.60. The predicted molar refractivity (Wildman–Crippen MR) is 101 cm³/mol. The van der Waals surface area contributed by atoms with Gasteiger partial charge in [-0.25, -0.2) is 0 Å². The van der Waals surface area contributed by atoms with Crippen LogP contribution in [0, 0.1) is 17.8 Å². The van der Waals surface area contributed by atoms with Crippen molar-refractivity contribution in [2.45, 2.75) is 90.1 Å². The van der Waals surface area contributed by atoms with E-state index in [0.29, 0.717) is 6.10 Å². The average molecular weight is 319 g/mol. The van der Waals surface area contributed by atoms with Crippen molar-refractivity contribution in [3.63, 3.8) is 0 Å². The summed E-state index contributed by atoms with van der Waals surface area (Å²) < 4.78 is 5.80. The largest absolute Gasteiger partial charge is 0.374 e. The summed E-state index contributed by atoms with van der Waals surface area (Å²) in [4.78, 5) is 0. The van der Waals surface area contributed by atoms with Gasteiger partial charge in [0.1, 0.15) is 0 Å². The van der Waals surface area contributed by atoms with Gasteiger partial charge in [-0.3, -0.25) is 0 Å². The Bertz CT molecular complexity index is 330. The molecule has 23 heavy (non-hydrogen) atoms. The van der Waals surface area contributed by atoms with Crippen LogP contribution in [0.4, 0.5) is 0 Å². The highest BCUT2D eigenvalue weighted by atomic mass is 16.5. The highest BCUT2D eigenvalue weighted by Crippen LogP contribution is 2.37. The van der Waals surface area contributed by atoms with Crippen molar-refractivity contribution in [2.24, 2.45) is 17.8 Å². The maximum Gasteiger partial charge on any atom is 0.0648 e. The third kappa shape index (κ3) is 7.25. The minimum atomic E-state index is 0.511. The van der Waals surface area contributed by atoms with Crippen LogP contribution in [0.15, 0.2) is 24.8 Å². The molecule has 2 fully saturated rings. The Balaban J connectivity index is 1.53. The van der Waals surface area contributed by atoms with Crippen molar-refractivity contribution >= 4 is 0 Å². The Kier molecular flexibility index (Phi) is 9.04. The topological polar surface area (TPSA) is 9.23 Å². The predicted octanol–water partition coefficient (Wildman–Crippen LogP) is 6.69. The number of rotatable bonds is 9. The molecule has 2 rings (SSSR count). The Morgan fingerprint density at radius 1 is 0.826 bits per heavy atom. The first kappa shape index (κ1) is 18.8. The molecule has 0 aromatic carbocycles. The zero-order chi connectivity index (χ0) is 16.3. The normalized spacial score (nSPS) is 32.2. The van der Waals surface area contributed by atoms with E-state index in [0.717, 1.165) is 24.4 Å². The monoisotopic (exact) mass is 318 g/mol. The van der Waals surface area contributed by atoms with Crippen LogP contribution in [-0.4, -0.2) is 12.7 Å². The van der Waals surface area contributed by atoms with Gasteiger partial charge in [-0.1, -0.05) is 56.8 Å². The first-order valence-electron chi connectivity index (χ1n) is 10.2. The molecule has 0 atom stereocenters. The zero-order valence-electron chi connectivity index (χ0n) is 15.3. The van der Waals surface area contributed by atoms with E-state index in [2.05, 4.69) is 25.7 Å². The van der Waals surface area contributed by atoms with Crippen LogP contribution in [0.3, 0.4) is 0 Å². The third-order valence-corrected chi connectivity index (χ3v) is 6.17. The molecule has 0 spiro atoms. The molecular formula is C22H38O. The standard InChI is InChI=1S/C22H38O/c1-3-5-6-7-19-8-10-20(11-9-19)12-13-21-14-16-22(17-15-21)23-18-4-2/h3-5,19-22H,2,6-18H2,1H3/b5-3+/t19-,20-,21-,22-. The Morgan fingerprint density at radius 2 is 1.35 bits per heavy atom. The molecule has 0 radical (unpaired) electrons. The Hall–Kier alpha value is -0.560. The fourth-order valence-corrected chi connectivity index (χ4v) is 4.57. The van der Waals surface area contributed by atoms with Gasteiger partial charge in [0.2, 0.25) is 0 Å². The second kappa shape index (κ2) is 11.1. The van der Waals surface area contributed by atoms with Crippen LogP contribution in [0.25, 0.3) is 0 Å². The molecule has 0 unspecified atom stereocenters. The van der Waals surface area contributed by atoms with Crippen LogP contribution in [0.2, 0.25) is 0 Å². The van der Waals surface area contributed by atoms with Crippen molar-refractivity contribution in [3.05, 3.63) is 24.8 Å². The molecule has 0 bridgehead atoms. The van der Waals surface area contributed by atoms with E-state index in [1.807, 2.05) is 6.08 Å². The van der Waals surface area contributed by atoms with Gasteiger partial charge in [0, 0.05) is 0 Å². The van der Waals surface area contributed by atoms with Gasteiger partial charge in [-0.2, -0.15) is 0 Å². The summed E-state index contributed by atoms with van der Waals surface area (Å²) in [5, 5.41) is 0. The average Bonchev–Trinajstić information content (AvgIpc) is 2.60. The number of hydrogen-bond donors (Lipinski definition) is 0. The number of allylic oxidation sites excluding steroid dienone is 2. The molecule has 1 heteroatoms. The molecule has 0 aliphatic heterocycles. The van der Waals surface area contributed by atoms with Crippen LogP contribution in [-0.2, 0) is 4.74 Å². The lowest BCUT2D eigenvalue weighted by atomic mass is 9.76. The van der Waals surface area contributed by atoms with Crippen molar-refractivity contribution in [1.82, 2.24) is 0 Å². The van der Waals surface area contributed by atoms with Crippen LogP contribution in [0.1, 0.15) is 84.0 Å². The molecule has 2 saturated carbocycles. The number of ether oxygens (including phenoxy) is 1. The molecule has 0 heterocycles. The van der Waals surface area contributed by atoms with Crippen molar-refractivity contribution in [3.8, 4) is 0 Å². The highest BCUT2D eigenvalue weighted by molar-refractivity contribution is 4.81. The molecule has 2 aliphatic carbocycles. The van der Waals surface area contributed by atoms with Gasteiger partial charge in [0.25, 0.3) is 0 Å². The molecule has 0 amide bonds. The minimum Gasteiger partial charge on any atom is -0.374 e. The van der Waals surface area contributed by atoms with E-state index in [1.165, 1.54) is 77.0 Å². The first-order chi connectivity index (χ1) is 11.3.